The Balaban J connectivity index is 2.23. The van der Waals surface area contributed by atoms with Crippen LogP contribution in [0.4, 0.5) is 0 Å². The molecule has 0 aliphatic rings. The second-order valence-electron chi connectivity index (χ2n) is 5.87. The van der Waals surface area contributed by atoms with Crippen LogP contribution in [0.5, 0.6) is 5.75 Å². The van der Waals surface area contributed by atoms with E-state index < -0.39 is 5.97 Å². The van der Waals surface area contributed by atoms with Gasteiger partial charge < -0.3 is 9.47 Å². The number of aromatic nitrogens is 3. The Morgan fingerprint density at radius 3 is 2.64 bits per heavy atom. The summed E-state index contributed by atoms with van der Waals surface area (Å²) in [7, 11) is 0. The largest absolute Gasteiger partial charge is 0.491 e. The molecule has 0 spiro atoms. The molecule has 0 saturated carbocycles. The topological polar surface area (TPSA) is 90.0 Å². The summed E-state index contributed by atoms with van der Waals surface area (Å²) in [6, 6.07) is 7.23. The summed E-state index contributed by atoms with van der Waals surface area (Å²) in [5.74, 6) is 0.551. The molecule has 0 amide bonds. The van der Waals surface area contributed by atoms with E-state index in [1.165, 1.54) is 23.3 Å². The Morgan fingerprint density at radius 2 is 2.00 bits per heavy atom. The van der Waals surface area contributed by atoms with Crippen molar-refractivity contribution in [2.24, 2.45) is 0 Å². The first-order chi connectivity index (χ1) is 11.9. The van der Waals surface area contributed by atoms with Crippen molar-refractivity contribution in [3.8, 4) is 23.2 Å². The standard InChI is InChI=1S/C18H20N4O3/c1-12(2)24-16-8-14(10-19)7-15(9-16)18-20-11-22(21-18)6-5-17(23)25-13(3)4/h5-9,11-13H,1-4H3/b6-5+. The molecule has 0 atom stereocenters. The Hall–Kier alpha value is -3.14. The summed E-state index contributed by atoms with van der Waals surface area (Å²) >= 11 is 0. The van der Waals surface area contributed by atoms with E-state index in [1.54, 1.807) is 32.0 Å². The summed E-state index contributed by atoms with van der Waals surface area (Å²) in [6.45, 7) is 7.37. The van der Waals surface area contributed by atoms with E-state index in [4.69, 9.17) is 9.47 Å². The summed E-state index contributed by atoms with van der Waals surface area (Å²) < 4.78 is 12.1. The van der Waals surface area contributed by atoms with Gasteiger partial charge in [0.05, 0.1) is 23.8 Å². The number of esters is 1. The van der Waals surface area contributed by atoms with Crippen molar-refractivity contribution in [1.29, 1.82) is 5.26 Å². The Bertz CT molecular complexity index is 816. The molecule has 0 N–H and O–H groups in total. The van der Waals surface area contributed by atoms with Gasteiger partial charge in [0.1, 0.15) is 12.1 Å². The molecule has 0 radical (unpaired) electrons. The zero-order valence-corrected chi connectivity index (χ0v) is 14.6. The van der Waals surface area contributed by atoms with Crippen LogP contribution in [0.2, 0.25) is 0 Å². The fourth-order valence-corrected chi connectivity index (χ4v) is 2.02. The van der Waals surface area contributed by atoms with Gasteiger partial charge in [-0.25, -0.2) is 14.5 Å². The summed E-state index contributed by atoms with van der Waals surface area (Å²) in [4.78, 5) is 15.7. The lowest BCUT2D eigenvalue weighted by molar-refractivity contribution is -0.141. The van der Waals surface area contributed by atoms with Gasteiger partial charge in [0, 0.05) is 17.8 Å². The predicted octanol–water partition coefficient (Wildman–Crippen LogP) is 3.03. The molecule has 2 rings (SSSR count). The van der Waals surface area contributed by atoms with E-state index in [2.05, 4.69) is 16.2 Å². The van der Waals surface area contributed by atoms with Crippen molar-refractivity contribution in [2.75, 3.05) is 0 Å². The predicted molar refractivity (Wildman–Crippen MR) is 92.5 cm³/mol. The molecule has 2 aromatic rings. The van der Waals surface area contributed by atoms with Crippen molar-refractivity contribution in [2.45, 2.75) is 39.9 Å². The molecule has 0 aliphatic carbocycles. The highest BCUT2D eigenvalue weighted by Gasteiger charge is 2.09. The van der Waals surface area contributed by atoms with Gasteiger partial charge >= 0.3 is 5.97 Å². The molecule has 1 aromatic carbocycles. The van der Waals surface area contributed by atoms with E-state index in [0.29, 0.717) is 22.7 Å². The molecule has 25 heavy (non-hydrogen) atoms. The molecular formula is C18H20N4O3. The number of carbonyl (C=O) groups excluding carboxylic acids is 1. The highest BCUT2D eigenvalue weighted by molar-refractivity contribution is 5.85. The highest BCUT2D eigenvalue weighted by Crippen LogP contribution is 2.24. The molecule has 0 bridgehead atoms. The highest BCUT2D eigenvalue weighted by atomic mass is 16.5. The number of nitriles is 1. The number of ether oxygens (including phenoxy) is 2. The van der Waals surface area contributed by atoms with Crippen LogP contribution in [0.3, 0.4) is 0 Å². The zero-order chi connectivity index (χ0) is 18.4. The SMILES string of the molecule is CC(C)OC(=O)/C=C/n1cnc(-c2cc(C#N)cc(OC(C)C)c2)n1. The van der Waals surface area contributed by atoms with Gasteiger partial charge in [0.25, 0.3) is 0 Å². The van der Waals surface area contributed by atoms with E-state index in [0.717, 1.165) is 0 Å². The van der Waals surface area contributed by atoms with Crippen LogP contribution in [-0.2, 0) is 9.53 Å². The van der Waals surface area contributed by atoms with Crippen molar-refractivity contribution in [1.82, 2.24) is 14.8 Å². The van der Waals surface area contributed by atoms with E-state index in [1.807, 2.05) is 13.8 Å². The van der Waals surface area contributed by atoms with Crippen molar-refractivity contribution >= 4 is 12.2 Å². The Labute approximate surface area is 146 Å². The van der Waals surface area contributed by atoms with Crippen molar-refractivity contribution in [3.63, 3.8) is 0 Å². The number of rotatable bonds is 6. The molecule has 1 heterocycles. The van der Waals surface area contributed by atoms with Gasteiger partial charge in [-0.2, -0.15) is 5.26 Å². The van der Waals surface area contributed by atoms with Crippen molar-refractivity contribution < 1.29 is 14.3 Å². The lowest BCUT2D eigenvalue weighted by Crippen LogP contribution is -2.08. The van der Waals surface area contributed by atoms with Gasteiger partial charge in [0.15, 0.2) is 5.82 Å². The first-order valence-electron chi connectivity index (χ1n) is 7.89. The van der Waals surface area contributed by atoms with Crippen LogP contribution in [0.1, 0.15) is 33.3 Å². The normalized spacial score (nSPS) is 11.1. The fraction of sp³-hybridized carbons (Fsp3) is 0.333. The second-order valence-corrected chi connectivity index (χ2v) is 5.87. The monoisotopic (exact) mass is 340 g/mol. The first-order valence-corrected chi connectivity index (χ1v) is 7.89. The molecular weight excluding hydrogens is 320 g/mol. The van der Waals surface area contributed by atoms with E-state index >= 15 is 0 Å². The van der Waals surface area contributed by atoms with Gasteiger partial charge in [-0.3, -0.25) is 0 Å². The molecule has 0 unspecified atom stereocenters. The third-order valence-electron chi connectivity index (χ3n) is 2.89. The molecule has 0 fully saturated rings. The molecule has 7 heteroatoms. The van der Waals surface area contributed by atoms with Crippen LogP contribution in [0.15, 0.2) is 30.6 Å². The molecule has 1 aromatic heterocycles. The van der Waals surface area contributed by atoms with Crippen LogP contribution in [-0.4, -0.2) is 32.9 Å². The lowest BCUT2D eigenvalue weighted by Gasteiger charge is -2.10. The summed E-state index contributed by atoms with van der Waals surface area (Å²) in [5.41, 5.74) is 1.12. The first kappa shape index (κ1) is 18.2. The minimum atomic E-state index is -0.453. The van der Waals surface area contributed by atoms with Gasteiger partial charge in [0.2, 0.25) is 0 Å². The minimum Gasteiger partial charge on any atom is -0.491 e. The number of benzene rings is 1. The lowest BCUT2D eigenvalue weighted by atomic mass is 10.1. The summed E-state index contributed by atoms with van der Waals surface area (Å²) in [6.07, 6.45) is 4.01. The van der Waals surface area contributed by atoms with Gasteiger partial charge in [-0.1, -0.05) is 0 Å². The van der Waals surface area contributed by atoms with E-state index in [9.17, 15) is 10.1 Å². The average molecular weight is 340 g/mol. The summed E-state index contributed by atoms with van der Waals surface area (Å²) in [5, 5.41) is 13.4. The molecule has 7 nitrogen and oxygen atoms in total. The Morgan fingerprint density at radius 1 is 1.24 bits per heavy atom. The number of nitrogens with zero attached hydrogens (tertiary/aromatic N) is 4. The van der Waals surface area contributed by atoms with Gasteiger partial charge in [-0.05, 0) is 45.9 Å². The third kappa shape index (κ3) is 5.46. The van der Waals surface area contributed by atoms with Crippen LogP contribution in [0, 0.1) is 11.3 Å². The van der Waals surface area contributed by atoms with Crippen LogP contribution in [0.25, 0.3) is 17.6 Å². The second kappa shape index (κ2) is 8.11. The fourth-order valence-electron chi connectivity index (χ4n) is 2.02. The number of hydrogen-bond acceptors (Lipinski definition) is 6. The smallest absolute Gasteiger partial charge is 0.332 e. The van der Waals surface area contributed by atoms with E-state index in [-0.39, 0.29) is 12.2 Å². The maximum Gasteiger partial charge on any atom is 0.332 e. The number of carbonyl (C=O) groups is 1. The molecule has 0 saturated heterocycles. The number of hydrogen-bond donors (Lipinski definition) is 0. The van der Waals surface area contributed by atoms with Gasteiger partial charge in [-0.15, -0.1) is 5.10 Å². The quantitative estimate of drug-likeness (QED) is 0.593. The Kier molecular flexibility index (Phi) is 5.90. The minimum absolute atomic E-state index is 0.0118. The maximum atomic E-state index is 11.5. The molecule has 0 aliphatic heterocycles. The van der Waals surface area contributed by atoms with Crippen LogP contribution >= 0.6 is 0 Å². The third-order valence-corrected chi connectivity index (χ3v) is 2.89. The zero-order valence-electron chi connectivity index (χ0n) is 14.6. The van der Waals surface area contributed by atoms with Crippen molar-refractivity contribution in [3.05, 3.63) is 36.2 Å². The maximum absolute atomic E-state index is 11.5. The average Bonchev–Trinajstić information content (AvgIpc) is 3.00. The van der Waals surface area contributed by atoms with Crippen LogP contribution < -0.4 is 4.74 Å². The molecule has 130 valence electrons.